The maximum Gasteiger partial charge on any atom is 0.234 e. The monoisotopic (exact) mass is 339 g/mol. The lowest BCUT2D eigenvalue weighted by Crippen LogP contribution is -2.15. The summed E-state index contributed by atoms with van der Waals surface area (Å²) in [6.45, 7) is 3.97. The van der Waals surface area contributed by atoms with E-state index in [0.29, 0.717) is 5.16 Å². The van der Waals surface area contributed by atoms with Gasteiger partial charge in [-0.05, 0) is 43.2 Å². The van der Waals surface area contributed by atoms with Gasteiger partial charge in [-0.25, -0.2) is 4.98 Å². The molecular weight excluding hydrogens is 322 g/mol. The Morgan fingerprint density at radius 1 is 1.25 bits per heavy atom. The Morgan fingerprint density at radius 3 is 2.92 bits per heavy atom. The SMILES string of the molecule is Cc1ccc(C)c(NC(=O)CSc2nncn2-c2ccccn2)c1. The topological polar surface area (TPSA) is 72.7 Å². The van der Waals surface area contributed by atoms with Crippen LogP contribution in [0.4, 0.5) is 5.69 Å². The van der Waals surface area contributed by atoms with Crippen molar-refractivity contribution in [3.63, 3.8) is 0 Å². The molecule has 2 heterocycles. The number of carbonyl (C=O) groups is 1. The van der Waals surface area contributed by atoms with Crippen LogP contribution in [0, 0.1) is 13.8 Å². The molecule has 24 heavy (non-hydrogen) atoms. The number of benzene rings is 1. The third-order valence-corrected chi connectivity index (χ3v) is 4.36. The van der Waals surface area contributed by atoms with Gasteiger partial charge in [-0.3, -0.25) is 9.36 Å². The highest BCUT2D eigenvalue weighted by atomic mass is 32.2. The van der Waals surface area contributed by atoms with Crippen molar-refractivity contribution in [3.05, 3.63) is 60.0 Å². The van der Waals surface area contributed by atoms with Crippen molar-refractivity contribution < 1.29 is 4.79 Å². The van der Waals surface area contributed by atoms with Crippen LogP contribution < -0.4 is 5.32 Å². The summed E-state index contributed by atoms with van der Waals surface area (Å²) in [5.74, 6) is 0.892. The lowest BCUT2D eigenvalue weighted by molar-refractivity contribution is -0.113. The average Bonchev–Trinajstić information content (AvgIpc) is 3.06. The number of thioether (sulfide) groups is 1. The molecule has 122 valence electrons. The first kappa shape index (κ1) is 16.2. The second-order valence-corrected chi connectivity index (χ2v) is 6.27. The molecule has 2 aromatic heterocycles. The standard InChI is InChI=1S/C17H17N5OS/c1-12-6-7-13(2)14(9-12)20-16(23)10-24-17-21-19-11-22(17)15-5-3-4-8-18-15/h3-9,11H,10H2,1-2H3,(H,20,23). The zero-order chi connectivity index (χ0) is 16.9. The number of nitrogens with zero attached hydrogens (tertiary/aromatic N) is 4. The molecule has 0 unspecified atom stereocenters. The normalized spacial score (nSPS) is 10.6. The summed E-state index contributed by atoms with van der Waals surface area (Å²) in [6.07, 6.45) is 3.30. The van der Waals surface area contributed by atoms with Gasteiger partial charge in [0.1, 0.15) is 12.1 Å². The number of amides is 1. The average molecular weight is 339 g/mol. The molecule has 3 aromatic rings. The molecule has 3 rings (SSSR count). The van der Waals surface area contributed by atoms with Gasteiger partial charge in [-0.15, -0.1) is 10.2 Å². The molecule has 0 aliphatic rings. The summed E-state index contributed by atoms with van der Waals surface area (Å²) in [6, 6.07) is 11.6. The molecule has 0 saturated carbocycles. The Morgan fingerprint density at radius 2 is 2.12 bits per heavy atom. The summed E-state index contributed by atoms with van der Waals surface area (Å²) in [7, 11) is 0. The van der Waals surface area contributed by atoms with Crippen LogP contribution in [0.2, 0.25) is 0 Å². The summed E-state index contributed by atoms with van der Waals surface area (Å²) < 4.78 is 1.76. The molecule has 1 amide bonds. The molecule has 6 nitrogen and oxygen atoms in total. The molecule has 1 N–H and O–H groups in total. The number of carbonyl (C=O) groups excluding carboxylic acids is 1. The van der Waals surface area contributed by atoms with E-state index in [1.54, 1.807) is 17.1 Å². The fraction of sp³-hybridized carbons (Fsp3) is 0.176. The Bertz CT molecular complexity index is 847. The number of hydrogen-bond acceptors (Lipinski definition) is 5. The highest BCUT2D eigenvalue weighted by Gasteiger charge is 2.11. The smallest absolute Gasteiger partial charge is 0.234 e. The summed E-state index contributed by atoms with van der Waals surface area (Å²) in [5, 5.41) is 11.5. The van der Waals surface area contributed by atoms with Gasteiger partial charge < -0.3 is 5.32 Å². The summed E-state index contributed by atoms with van der Waals surface area (Å²) >= 11 is 1.32. The van der Waals surface area contributed by atoms with Gasteiger partial charge in [0.15, 0.2) is 5.16 Å². The molecule has 0 saturated heterocycles. The number of anilines is 1. The Kier molecular flexibility index (Phi) is 4.90. The highest BCUT2D eigenvalue weighted by Crippen LogP contribution is 2.20. The minimum absolute atomic E-state index is 0.0794. The number of aryl methyl sites for hydroxylation is 2. The van der Waals surface area contributed by atoms with Crippen LogP contribution in [-0.4, -0.2) is 31.4 Å². The van der Waals surface area contributed by atoms with Crippen molar-refractivity contribution in [3.8, 4) is 5.82 Å². The molecule has 1 aromatic carbocycles. The quantitative estimate of drug-likeness (QED) is 0.724. The van der Waals surface area contributed by atoms with Crippen molar-refractivity contribution in [2.24, 2.45) is 0 Å². The van der Waals surface area contributed by atoms with Crippen LogP contribution in [0.5, 0.6) is 0 Å². The van der Waals surface area contributed by atoms with E-state index in [1.165, 1.54) is 11.8 Å². The number of hydrogen-bond donors (Lipinski definition) is 1. The second kappa shape index (κ2) is 7.27. The van der Waals surface area contributed by atoms with E-state index in [9.17, 15) is 4.79 Å². The molecule has 7 heteroatoms. The number of nitrogens with one attached hydrogen (secondary N) is 1. The molecule has 0 aliphatic heterocycles. The van der Waals surface area contributed by atoms with Gasteiger partial charge in [0.2, 0.25) is 5.91 Å². The van der Waals surface area contributed by atoms with Gasteiger partial charge in [-0.1, -0.05) is 30.0 Å². The van der Waals surface area contributed by atoms with Crippen molar-refractivity contribution in [1.82, 2.24) is 19.7 Å². The first-order valence-electron chi connectivity index (χ1n) is 7.45. The minimum atomic E-state index is -0.0794. The minimum Gasteiger partial charge on any atom is -0.325 e. The zero-order valence-corrected chi connectivity index (χ0v) is 14.2. The van der Waals surface area contributed by atoms with Crippen molar-refractivity contribution >= 4 is 23.4 Å². The maximum absolute atomic E-state index is 12.2. The van der Waals surface area contributed by atoms with Crippen LogP contribution in [0.1, 0.15) is 11.1 Å². The number of pyridine rings is 1. The van der Waals surface area contributed by atoms with Gasteiger partial charge >= 0.3 is 0 Å². The fourth-order valence-corrected chi connectivity index (χ4v) is 2.88. The van der Waals surface area contributed by atoms with Crippen LogP contribution in [0.3, 0.4) is 0 Å². The molecule has 0 fully saturated rings. The summed E-state index contributed by atoms with van der Waals surface area (Å²) in [5.41, 5.74) is 2.99. The van der Waals surface area contributed by atoms with E-state index in [4.69, 9.17) is 0 Å². The Hall–Kier alpha value is -2.67. The molecule has 0 atom stereocenters. The zero-order valence-electron chi connectivity index (χ0n) is 13.4. The molecule has 0 spiro atoms. The lowest BCUT2D eigenvalue weighted by Gasteiger charge is -2.09. The van der Waals surface area contributed by atoms with Crippen LogP contribution in [0.25, 0.3) is 5.82 Å². The van der Waals surface area contributed by atoms with Gasteiger partial charge in [0.25, 0.3) is 0 Å². The van der Waals surface area contributed by atoms with E-state index in [-0.39, 0.29) is 11.7 Å². The van der Waals surface area contributed by atoms with E-state index in [1.807, 2.05) is 50.2 Å². The van der Waals surface area contributed by atoms with Crippen LogP contribution in [-0.2, 0) is 4.79 Å². The van der Waals surface area contributed by atoms with E-state index in [2.05, 4.69) is 20.5 Å². The Labute approximate surface area is 144 Å². The second-order valence-electron chi connectivity index (χ2n) is 5.33. The van der Waals surface area contributed by atoms with Gasteiger partial charge in [0, 0.05) is 11.9 Å². The van der Waals surface area contributed by atoms with Crippen molar-refractivity contribution in [2.45, 2.75) is 19.0 Å². The Balaban J connectivity index is 1.65. The number of rotatable bonds is 5. The van der Waals surface area contributed by atoms with E-state index in [0.717, 1.165) is 22.6 Å². The van der Waals surface area contributed by atoms with Gasteiger partial charge in [-0.2, -0.15) is 0 Å². The summed E-state index contributed by atoms with van der Waals surface area (Å²) in [4.78, 5) is 16.5. The van der Waals surface area contributed by atoms with Crippen LogP contribution >= 0.6 is 11.8 Å². The molecular formula is C17H17N5OS. The lowest BCUT2D eigenvalue weighted by atomic mass is 10.1. The van der Waals surface area contributed by atoms with Crippen LogP contribution in [0.15, 0.2) is 54.1 Å². The van der Waals surface area contributed by atoms with Crippen molar-refractivity contribution in [1.29, 1.82) is 0 Å². The molecule has 0 bridgehead atoms. The number of aromatic nitrogens is 4. The first-order valence-corrected chi connectivity index (χ1v) is 8.43. The predicted molar refractivity (Wildman–Crippen MR) is 94.4 cm³/mol. The first-order chi connectivity index (χ1) is 11.6. The predicted octanol–water partition coefficient (Wildman–Crippen LogP) is 3.01. The third-order valence-electron chi connectivity index (χ3n) is 3.41. The van der Waals surface area contributed by atoms with Gasteiger partial charge in [0.05, 0.1) is 5.75 Å². The van der Waals surface area contributed by atoms with E-state index >= 15 is 0 Å². The maximum atomic E-state index is 12.2. The van der Waals surface area contributed by atoms with Crippen molar-refractivity contribution in [2.75, 3.05) is 11.1 Å². The molecule has 0 radical (unpaired) electrons. The largest absolute Gasteiger partial charge is 0.325 e. The van der Waals surface area contributed by atoms with E-state index < -0.39 is 0 Å². The third kappa shape index (κ3) is 3.80. The highest BCUT2D eigenvalue weighted by molar-refractivity contribution is 7.99. The molecule has 0 aliphatic carbocycles. The fourth-order valence-electron chi connectivity index (χ4n) is 2.16.